The lowest BCUT2D eigenvalue weighted by atomic mass is 10.1. The van der Waals surface area contributed by atoms with Gasteiger partial charge in [0.15, 0.2) is 0 Å². The first-order chi connectivity index (χ1) is 7.19. The van der Waals surface area contributed by atoms with Gasteiger partial charge in [-0.05, 0) is 26.3 Å². The Morgan fingerprint density at radius 2 is 2.13 bits per heavy atom. The topological polar surface area (TPSA) is 24.9 Å². The van der Waals surface area contributed by atoms with Crippen molar-refractivity contribution in [2.24, 2.45) is 0 Å². The van der Waals surface area contributed by atoms with Crippen LogP contribution in [0.2, 0.25) is 0 Å². The van der Waals surface area contributed by atoms with Gasteiger partial charge in [0, 0.05) is 17.3 Å². The highest BCUT2D eigenvalue weighted by atomic mass is 32.1. The minimum absolute atomic E-state index is 0.388. The van der Waals surface area contributed by atoms with Crippen molar-refractivity contribution in [2.45, 2.75) is 52.5 Å². The monoisotopic (exact) mass is 226 g/mol. The first-order valence-corrected chi connectivity index (χ1v) is 6.75. The van der Waals surface area contributed by atoms with Crippen LogP contribution in [-0.2, 0) is 0 Å². The molecule has 1 N–H and O–H groups in total. The molecule has 15 heavy (non-hydrogen) atoms. The zero-order chi connectivity index (χ0) is 11.3. The molecule has 0 bridgehead atoms. The van der Waals surface area contributed by atoms with Gasteiger partial charge >= 0.3 is 0 Å². The maximum Gasteiger partial charge on any atom is 0.0957 e. The van der Waals surface area contributed by atoms with E-state index in [0.29, 0.717) is 12.0 Å². The summed E-state index contributed by atoms with van der Waals surface area (Å²) in [5.41, 5.74) is 1.20. The van der Waals surface area contributed by atoms with Crippen LogP contribution in [0.25, 0.3) is 0 Å². The molecule has 1 rings (SSSR count). The summed E-state index contributed by atoms with van der Waals surface area (Å²) in [6.07, 6.45) is 2.34. The second-order valence-electron chi connectivity index (χ2n) is 4.10. The molecule has 0 radical (unpaired) electrons. The summed E-state index contributed by atoms with van der Waals surface area (Å²) in [7, 11) is 0. The summed E-state index contributed by atoms with van der Waals surface area (Å²) < 4.78 is 0. The highest BCUT2D eigenvalue weighted by Gasteiger charge is 2.12. The Morgan fingerprint density at radius 1 is 1.40 bits per heavy atom. The average molecular weight is 226 g/mol. The van der Waals surface area contributed by atoms with Crippen LogP contribution in [0.5, 0.6) is 0 Å². The molecule has 0 amide bonds. The lowest BCUT2D eigenvalue weighted by molar-refractivity contribution is 0.558. The maximum atomic E-state index is 4.69. The van der Waals surface area contributed by atoms with E-state index in [0.717, 1.165) is 6.54 Å². The largest absolute Gasteiger partial charge is 0.309 e. The normalized spacial score (nSPS) is 15.2. The fourth-order valence-electron chi connectivity index (χ4n) is 1.37. The molecule has 0 aromatic carbocycles. The van der Waals surface area contributed by atoms with Crippen molar-refractivity contribution in [2.75, 3.05) is 6.54 Å². The Labute approximate surface area is 97.1 Å². The third kappa shape index (κ3) is 3.58. The molecule has 86 valence electrons. The molecule has 0 aliphatic rings. The zero-order valence-electron chi connectivity index (χ0n) is 10.2. The molecule has 1 aromatic heterocycles. The molecular weight excluding hydrogens is 204 g/mol. The van der Waals surface area contributed by atoms with Crippen molar-refractivity contribution in [3.8, 4) is 0 Å². The number of hydrogen-bond acceptors (Lipinski definition) is 3. The first kappa shape index (κ1) is 12.7. The van der Waals surface area contributed by atoms with E-state index in [1.165, 1.54) is 23.5 Å². The van der Waals surface area contributed by atoms with Crippen LogP contribution in [0.15, 0.2) is 5.38 Å². The van der Waals surface area contributed by atoms with Gasteiger partial charge < -0.3 is 5.32 Å². The van der Waals surface area contributed by atoms with Crippen molar-refractivity contribution in [1.82, 2.24) is 10.3 Å². The predicted molar refractivity (Wildman–Crippen MR) is 67.5 cm³/mol. The van der Waals surface area contributed by atoms with Gasteiger partial charge in [-0.25, -0.2) is 4.98 Å². The SMILES string of the molecule is CCCNC(C)c1csc(C(C)CC)n1. The first-order valence-electron chi connectivity index (χ1n) is 5.87. The minimum atomic E-state index is 0.388. The van der Waals surface area contributed by atoms with Gasteiger partial charge in [0.1, 0.15) is 0 Å². The van der Waals surface area contributed by atoms with Crippen LogP contribution >= 0.6 is 11.3 Å². The van der Waals surface area contributed by atoms with Gasteiger partial charge in [-0.15, -0.1) is 11.3 Å². The van der Waals surface area contributed by atoms with Crippen molar-refractivity contribution >= 4 is 11.3 Å². The smallest absolute Gasteiger partial charge is 0.0957 e. The standard InChI is InChI=1S/C12H22N2S/c1-5-7-13-10(4)11-8-15-12(14-11)9(3)6-2/h8-10,13H,5-7H2,1-4H3. The number of nitrogens with one attached hydrogen (secondary N) is 1. The van der Waals surface area contributed by atoms with Crippen LogP contribution in [0, 0.1) is 0 Å². The fraction of sp³-hybridized carbons (Fsp3) is 0.750. The molecule has 2 nitrogen and oxygen atoms in total. The maximum absolute atomic E-state index is 4.69. The summed E-state index contributed by atoms with van der Waals surface area (Å²) >= 11 is 1.79. The Morgan fingerprint density at radius 3 is 2.73 bits per heavy atom. The Bertz CT molecular complexity index is 283. The zero-order valence-corrected chi connectivity index (χ0v) is 11.0. The molecule has 2 atom stereocenters. The highest BCUT2D eigenvalue weighted by molar-refractivity contribution is 7.09. The van der Waals surface area contributed by atoms with Crippen LogP contribution in [0.1, 0.15) is 63.2 Å². The van der Waals surface area contributed by atoms with Crippen molar-refractivity contribution in [3.05, 3.63) is 16.1 Å². The van der Waals surface area contributed by atoms with Crippen LogP contribution < -0.4 is 5.32 Å². The van der Waals surface area contributed by atoms with Crippen molar-refractivity contribution in [3.63, 3.8) is 0 Å². The third-order valence-electron chi connectivity index (χ3n) is 2.72. The Hall–Kier alpha value is -0.410. The van der Waals surface area contributed by atoms with Gasteiger partial charge in [-0.2, -0.15) is 0 Å². The van der Waals surface area contributed by atoms with E-state index in [2.05, 4.69) is 43.4 Å². The van der Waals surface area contributed by atoms with E-state index in [1.807, 2.05) is 0 Å². The second kappa shape index (κ2) is 6.23. The predicted octanol–water partition coefficient (Wildman–Crippen LogP) is 3.72. The minimum Gasteiger partial charge on any atom is -0.309 e. The highest BCUT2D eigenvalue weighted by Crippen LogP contribution is 2.24. The van der Waals surface area contributed by atoms with Gasteiger partial charge in [-0.1, -0.05) is 20.8 Å². The second-order valence-corrected chi connectivity index (χ2v) is 4.99. The lowest BCUT2D eigenvalue weighted by Crippen LogP contribution is -2.19. The molecule has 0 saturated carbocycles. The molecule has 0 saturated heterocycles. The summed E-state index contributed by atoms with van der Waals surface area (Å²) in [5.74, 6) is 0.599. The number of thiazole rings is 1. The Kier molecular flexibility index (Phi) is 5.26. The molecule has 0 spiro atoms. The van der Waals surface area contributed by atoms with E-state index in [9.17, 15) is 0 Å². The average Bonchev–Trinajstić information content (AvgIpc) is 2.74. The molecular formula is C12H22N2S. The van der Waals surface area contributed by atoms with E-state index in [-0.39, 0.29) is 0 Å². The third-order valence-corrected chi connectivity index (χ3v) is 3.81. The van der Waals surface area contributed by atoms with Gasteiger partial charge in [-0.3, -0.25) is 0 Å². The van der Waals surface area contributed by atoms with Gasteiger partial charge in [0.05, 0.1) is 10.7 Å². The van der Waals surface area contributed by atoms with E-state index in [4.69, 9.17) is 0 Å². The molecule has 0 aliphatic carbocycles. The molecule has 1 aromatic rings. The molecule has 2 unspecified atom stereocenters. The molecule has 1 heterocycles. The number of rotatable bonds is 6. The number of aromatic nitrogens is 1. The fourth-order valence-corrected chi connectivity index (χ4v) is 2.42. The van der Waals surface area contributed by atoms with E-state index < -0.39 is 0 Å². The number of hydrogen-bond donors (Lipinski definition) is 1. The summed E-state index contributed by atoms with van der Waals surface area (Å²) in [6, 6.07) is 0.388. The van der Waals surface area contributed by atoms with Crippen LogP contribution in [0.3, 0.4) is 0 Å². The quantitative estimate of drug-likeness (QED) is 0.799. The Balaban J connectivity index is 2.58. The van der Waals surface area contributed by atoms with Crippen LogP contribution in [0.4, 0.5) is 0 Å². The van der Waals surface area contributed by atoms with Gasteiger partial charge in [0.25, 0.3) is 0 Å². The molecule has 3 heteroatoms. The van der Waals surface area contributed by atoms with E-state index in [1.54, 1.807) is 11.3 Å². The van der Waals surface area contributed by atoms with Crippen LogP contribution in [-0.4, -0.2) is 11.5 Å². The summed E-state index contributed by atoms with van der Waals surface area (Å²) in [5, 5.41) is 6.93. The molecule has 0 fully saturated rings. The number of nitrogens with zero attached hydrogens (tertiary/aromatic N) is 1. The van der Waals surface area contributed by atoms with E-state index >= 15 is 0 Å². The van der Waals surface area contributed by atoms with Crippen molar-refractivity contribution < 1.29 is 0 Å². The van der Waals surface area contributed by atoms with Gasteiger partial charge in [0.2, 0.25) is 0 Å². The lowest BCUT2D eigenvalue weighted by Gasteiger charge is -2.10. The molecule has 0 aliphatic heterocycles. The summed E-state index contributed by atoms with van der Waals surface area (Å²) in [4.78, 5) is 4.69. The van der Waals surface area contributed by atoms with Crippen molar-refractivity contribution in [1.29, 1.82) is 0 Å². The summed E-state index contributed by atoms with van der Waals surface area (Å²) in [6.45, 7) is 9.89.